The Kier molecular flexibility index (Phi) is 4.57. The Balaban J connectivity index is 1.45. The van der Waals surface area contributed by atoms with Gasteiger partial charge in [0.05, 0.1) is 6.54 Å². The second kappa shape index (κ2) is 7.19. The molecule has 4 rings (SSSR count). The van der Waals surface area contributed by atoms with Crippen molar-refractivity contribution in [2.75, 3.05) is 19.0 Å². The molecule has 3 aromatic rings. The number of anilines is 1. The maximum atomic E-state index is 12.5. The summed E-state index contributed by atoms with van der Waals surface area (Å²) in [5.74, 6) is 0.541. The second-order valence-corrected chi connectivity index (χ2v) is 6.75. The van der Waals surface area contributed by atoms with Crippen LogP contribution in [0.4, 0.5) is 5.82 Å². The van der Waals surface area contributed by atoms with Crippen LogP contribution in [0.5, 0.6) is 5.75 Å². The number of aromatic amines is 1. The highest BCUT2D eigenvalue weighted by molar-refractivity contribution is 5.95. The zero-order valence-corrected chi connectivity index (χ0v) is 15.7. The number of aromatic nitrogens is 2. The average molecular weight is 376 g/mol. The number of carbonyl (C=O) groups is 2. The summed E-state index contributed by atoms with van der Waals surface area (Å²) < 4.78 is 5.34. The third kappa shape index (κ3) is 3.46. The summed E-state index contributed by atoms with van der Waals surface area (Å²) in [7, 11) is 1.77. The number of rotatable bonds is 4. The largest absolute Gasteiger partial charge is 0.480 e. The van der Waals surface area contributed by atoms with Gasteiger partial charge in [0, 0.05) is 35.9 Å². The average Bonchev–Trinajstić information content (AvgIpc) is 3.01. The first-order valence-electron chi connectivity index (χ1n) is 8.93. The topological polar surface area (TPSA) is 87.3 Å². The minimum absolute atomic E-state index is 0.0344. The molecule has 0 saturated carbocycles. The van der Waals surface area contributed by atoms with E-state index in [2.05, 4.69) is 28.3 Å². The molecule has 1 aromatic carbocycles. The Labute approximate surface area is 162 Å². The van der Waals surface area contributed by atoms with E-state index in [1.54, 1.807) is 30.3 Å². The molecule has 0 fully saturated rings. The Bertz CT molecular complexity index is 1100. The number of nitrogens with zero attached hydrogens (tertiary/aromatic N) is 2. The fourth-order valence-electron chi connectivity index (χ4n) is 3.17. The molecule has 0 unspecified atom stereocenters. The highest BCUT2D eigenvalue weighted by Crippen LogP contribution is 2.26. The van der Waals surface area contributed by atoms with Crippen LogP contribution in [-0.2, 0) is 16.1 Å². The molecule has 2 aromatic heterocycles. The number of nitrogens with one attached hydrogen (secondary N) is 2. The molecule has 7 nitrogen and oxygen atoms in total. The molecule has 7 heteroatoms. The van der Waals surface area contributed by atoms with Gasteiger partial charge in [-0.05, 0) is 36.3 Å². The lowest BCUT2D eigenvalue weighted by atomic mass is 10.1. The zero-order chi connectivity index (χ0) is 19.7. The van der Waals surface area contributed by atoms with Gasteiger partial charge in [0.15, 0.2) is 18.2 Å². The number of ether oxygens (including phenoxy) is 1. The van der Waals surface area contributed by atoms with Gasteiger partial charge < -0.3 is 19.9 Å². The van der Waals surface area contributed by atoms with E-state index < -0.39 is 0 Å². The summed E-state index contributed by atoms with van der Waals surface area (Å²) in [5, 5.41) is 3.80. The maximum absolute atomic E-state index is 12.5. The van der Waals surface area contributed by atoms with Crippen LogP contribution in [0.1, 0.15) is 16.8 Å². The van der Waals surface area contributed by atoms with Gasteiger partial charge in [0.2, 0.25) is 5.91 Å². The van der Waals surface area contributed by atoms with Gasteiger partial charge in [-0.25, -0.2) is 4.98 Å². The summed E-state index contributed by atoms with van der Waals surface area (Å²) in [5.41, 5.74) is 3.96. The fourth-order valence-corrected chi connectivity index (χ4v) is 3.17. The smallest absolute Gasteiger partial charge is 0.263 e. The van der Waals surface area contributed by atoms with E-state index in [1.807, 2.05) is 18.2 Å². The van der Waals surface area contributed by atoms with Crippen LogP contribution < -0.4 is 10.1 Å². The second-order valence-electron chi connectivity index (χ2n) is 6.75. The molecule has 0 bridgehead atoms. The Morgan fingerprint density at radius 2 is 2.18 bits per heavy atom. The minimum Gasteiger partial charge on any atom is -0.480 e. The first-order chi connectivity index (χ1) is 13.5. The Morgan fingerprint density at radius 3 is 3.00 bits per heavy atom. The van der Waals surface area contributed by atoms with Crippen LogP contribution >= 0.6 is 0 Å². The number of fused-ring (bicyclic) bond motifs is 2. The first kappa shape index (κ1) is 17.8. The quantitative estimate of drug-likeness (QED) is 0.686. The van der Waals surface area contributed by atoms with E-state index in [4.69, 9.17) is 4.74 Å². The molecule has 0 atom stereocenters. The van der Waals surface area contributed by atoms with Gasteiger partial charge in [-0.3, -0.25) is 9.59 Å². The molecule has 2 N–H and O–H groups in total. The number of amides is 2. The van der Waals surface area contributed by atoms with Crippen LogP contribution in [0, 0.1) is 6.92 Å². The number of pyridine rings is 1. The molecule has 28 heavy (non-hydrogen) atoms. The minimum atomic E-state index is -0.229. The Morgan fingerprint density at radius 1 is 1.36 bits per heavy atom. The first-order valence-corrected chi connectivity index (χ1v) is 8.93. The molecule has 0 saturated heterocycles. The van der Waals surface area contributed by atoms with Crippen molar-refractivity contribution in [3.8, 4) is 5.75 Å². The summed E-state index contributed by atoms with van der Waals surface area (Å²) in [6, 6.07) is 9.84. The van der Waals surface area contributed by atoms with E-state index in [0.717, 1.165) is 22.3 Å². The SMILES string of the molecule is Cc1c(CN(C)C(=O)/C=C/c2cnc3c(c2)OCC(=O)N3)[nH]c2ccccc12. The van der Waals surface area contributed by atoms with Crippen LogP contribution in [0.15, 0.2) is 42.6 Å². The molecule has 0 aliphatic carbocycles. The van der Waals surface area contributed by atoms with Gasteiger partial charge in [0.1, 0.15) is 0 Å². The van der Waals surface area contributed by atoms with Gasteiger partial charge in [-0.2, -0.15) is 0 Å². The molecule has 0 radical (unpaired) electrons. The highest BCUT2D eigenvalue weighted by atomic mass is 16.5. The van der Waals surface area contributed by atoms with Gasteiger partial charge in [-0.15, -0.1) is 0 Å². The van der Waals surface area contributed by atoms with Crippen molar-refractivity contribution >= 4 is 34.6 Å². The van der Waals surface area contributed by atoms with Crippen LogP contribution in [0.25, 0.3) is 17.0 Å². The molecule has 0 spiro atoms. The lowest BCUT2D eigenvalue weighted by molar-refractivity contribution is -0.125. The van der Waals surface area contributed by atoms with Gasteiger partial charge in [0.25, 0.3) is 5.91 Å². The van der Waals surface area contributed by atoms with Crippen LogP contribution in [0.3, 0.4) is 0 Å². The van der Waals surface area contributed by atoms with Crippen molar-refractivity contribution in [3.05, 3.63) is 59.4 Å². The van der Waals surface area contributed by atoms with Crippen molar-refractivity contribution in [1.82, 2.24) is 14.9 Å². The highest BCUT2D eigenvalue weighted by Gasteiger charge is 2.17. The van der Waals surface area contributed by atoms with E-state index in [-0.39, 0.29) is 18.4 Å². The standard InChI is InChI=1S/C21H20N4O3/c1-13-15-5-3-4-6-16(15)23-17(13)11-25(2)20(27)8-7-14-9-18-21(22-10-14)24-19(26)12-28-18/h3-10,23H,11-12H2,1-2H3,(H,22,24,26)/b8-7+. The number of aryl methyl sites for hydroxylation is 1. The van der Waals surface area contributed by atoms with E-state index in [9.17, 15) is 9.59 Å². The van der Waals surface area contributed by atoms with E-state index in [1.165, 1.54) is 11.5 Å². The van der Waals surface area contributed by atoms with Crippen molar-refractivity contribution in [1.29, 1.82) is 0 Å². The normalized spacial score (nSPS) is 13.3. The fraction of sp³-hybridized carbons (Fsp3) is 0.190. The zero-order valence-electron chi connectivity index (χ0n) is 15.7. The molecule has 1 aliphatic heterocycles. The van der Waals surface area contributed by atoms with Crippen molar-refractivity contribution < 1.29 is 14.3 Å². The molecule has 1 aliphatic rings. The van der Waals surface area contributed by atoms with Crippen LogP contribution in [-0.4, -0.2) is 40.3 Å². The number of para-hydroxylation sites is 1. The van der Waals surface area contributed by atoms with Crippen molar-refractivity contribution in [2.24, 2.45) is 0 Å². The number of likely N-dealkylation sites (N-methyl/N-ethyl adjacent to an activating group) is 1. The van der Waals surface area contributed by atoms with E-state index >= 15 is 0 Å². The molecule has 3 heterocycles. The molecular weight excluding hydrogens is 356 g/mol. The molecular formula is C21H20N4O3. The van der Waals surface area contributed by atoms with Crippen LogP contribution in [0.2, 0.25) is 0 Å². The number of benzene rings is 1. The summed E-state index contributed by atoms with van der Waals surface area (Å²) in [6.07, 6.45) is 4.77. The van der Waals surface area contributed by atoms with E-state index in [0.29, 0.717) is 18.1 Å². The number of carbonyl (C=O) groups excluding carboxylic acids is 2. The van der Waals surface area contributed by atoms with Crippen molar-refractivity contribution in [3.63, 3.8) is 0 Å². The maximum Gasteiger partial charge on any atom is 0.263 e. The number of H-pyrrole nitrogens is 1. The lowest BCUT2D eigenvalue weighted by Gasteiger charge is -2.17. The van der Waals surface area contributed by atoms with Gasteiger partial charge >= 0.3 is 0 Å². The summed E-state index contributed by atoms with van der Waals surface area (Å²) in [4.78, 5) is 33.0. The Hall–Kier alpha value is -3.61. The summed E-state index contributed by atoms with van der Waals surface area (Å²) >= 11 is 0. The monoisotopic (exact) mass is 376 g/mol. The lowest BCUT2D eigenvalue weighted by Crippen LogP contribution is -2.26. The third-order valence-electron chi connectivity index (χ3n) is 4.75. The number of hydrogen-bond donors (Lipinski definition) is 2. The predicted octanol–water partition coefficient (Wildman–Crippen LogP) is 2.87. The molecule has 2 amide bonds. The summed E-state index contributed by atoms with van der Waals surface area (Å²) in [6.45, 7) is 2.51. The van der Waals surface area contributed by atoms with Crippen molar-refractivity contribution in [2.45, 2.75) is 13.5 Å². The third-order valence-corrected chi connectivity index (χ3v) is 4.75. The predicted molar refractivity (Wildman–Crippen MR) is 107 cm³/mol. The number of hydrogen-bond acceptors (Lipinski definition) is 4. The van der Waals surface area contributed by atoms with Gasteiger partial charge in [-0.1, -0.05) is 18.2 Å². The molecule has 142 valence electrons.